The molecule has 20 heavy (non-hydrogen) atoms. The van der Waals surface area contributed by atoms with Crippen molar-refractivity contribution in [3.8, 4) is 0 Å². The van der Waals surface area contributed by atoms with Gasteiger partial charge in [-0.1, -0.05) is 25.1 Å². The average molecular weight is 272 g/mol. The predicted octanol–water partition coefficient (Wildman–Crippen LogP) is 2.00. The van der Waals surface area contributed by atoms with Crippen molar-refractivity contribution < 1.29 is 4.79 Å². The summed E-state index contributed by atoms with van der Waals surface area (Å²) in [5, 5.41) is 7.11. The number of nitrogens with zero attached hydrogens (tertiary/aromatic N) is 2. The Bertz CT molecular complexity index is 551. The molecule has 1 amide bonds. The van der Waals surface area contributed by atoms with E-state index in [0.717, 1.165) is 17.7 Å². The molecule has 2 aromatic rings. The van der Waals surface area contributed by atoms with Gasteiger partial charge in [0.1, 0.15) is 0 Å². The molecule has 0 aliphatic carbocycles. The number of aromatic nitrogens is 2. The fourth-order valence-corrected chi connectivity index (χ4v) is 1.93. The van der Waals surface area contributed by atoms with E-state index in [1.165, 1.54) is 0 Å². The molecule has 1 atom stereocenters. The molecule has 2 rings (SSSR count). The van der Waals surface area contributed by atoms with Gasteiger partial charge in [0.25, 0.3) is 0 Å². The van der Waals surface area contributed by atoms with Gasteiger partial charge in [-0.2, -0.15) is 5.10 Å². The first kappa shape index (κ1) is 14.3. The topological polar surface area (TPSA) is 72.9 Å². The number of anilines is 1. The van der Waals surface area contributed by atoms with Crippen LogP contribution in [0, 0.1) is 0 Å². The highest BCUT2D eigenvalue weighted by Gasteiger charge is 2.10. The van der Waals surface area contributed by atoms with E-state index in [-0.39, 0.29) is 11.9 Å². The molecule has 0 radical (unpaired) electrons. The Labute approximate surface area is 118 Å². The molecule has 1 aromatic heterocycles. The second-order valence-electron chi connectivity index (χ2n) is 4.78. The molecule has 5 nitrogen and oxygen atoms in total. The zero-order valence-electron chi connectivity index (χ0n) is 11.6. The highest BCUT2D eigenvalue weighted by atomic mass is 16.1. The van der Waals surface area contributed by atoms with Gasteiger partial charge in [0.15, 0.2) is 0 Å². The molecule has 0 saturated heterocycles. The SMILES string of the molecule is CCC(N)CC(=O)Nc1ccccc1Cn1cccn1. The van der Waals surface area contributed by atoms with Crippen molar-refractivity contribution in [3.05, 3.63) is 48.3 Å². The fourth-order valence-electron chi connectivity index (χ4n) is 1.93. The van der Waals surface area contributed by atoms with Crippen LogP contribution in [0.4, 0.5) is 5.69 Å². The summed E-state index contributed by atoms with van der Waals surface area (Å²) in [6.45, 7) is 2.60. The summed E-state index contributed by atoms with van der Waals surface area (Å²) in [7, 11) is 0. The molecule has 106 valence electrons. The molecular weight excluding hydrogens is 252 g/mol. The summed E-state index contributed by atoms with van der Waals surface area (Å²) in [5.74, 6) is -0.0488. The van der Waals surface area contributed by atoms with E-state index >= 15 is 0 Å². The number of amides is 1. The number of benzene rings is 1. The van der Waals surface area contributed by atoms with Crippen molar-refractivity contribution in [2.24, 2.45) is 5.73 Å². The Morgan fingerprint density at radius 3 is 2.90 bits per heavy atom. The van der Waals surface area contributed by atoms with Crippen LogP contribution in [0.2, 0.25) is 0 Å². The van der Waals surface area contributed by atoms with Gasteiger partial charge >= 0.3 is 0 Å². The third-order valence-electron chi connectivity index (χ3n) is 3.15. The van der Waals surface area contributed by atoms with Crippen molar-refractivity contribution in [2.45, 2.75) is 32.4 Å². The molecule has 3 N–H and O–H groups in total. The van der Waals surface area contributed by atoms with Crippen molar-refractivity contribution in [1.82, 2.24) is 9.78 Å². The smallest absolute Gasteiger partial charge is 0.225 e. The van der Waals surface area contributed by atoms with E-state index in [1.807, 2.05) is 48.1 Å². The lowest BCUT2D eigenvalue weighted by Crippen LogP contribution is -2.26. The van der Waals surface area contributed by atoms with Crippen molar-refractivity contribution in [2.75, 3.05) is 5.32 Å². The van der Waals surface area contributed by atoms with Crippen LogP contribution < -0.4 is 11.1 Å². The third kappa shape index (κ3) is 3.93. The van der Waals surface area contributed by atoms with E-state index < -0.39 is 0 Å². The number of hydrogen-bond acceptors (Lipinski definition) is 3. The zero-order chi connectivity index (χ0) is 14.4. The van der Waals surface area contributed by atoms with Crippen molar-refractivity contribution in [1.29, 1.82) is 0 Å². The first-order valence-electron chi connectivity index (χ1n) is 6.79. The maximum absolute atomic E-state index is 11.9. The molecule has 0 aliphatic heterocycles. The lowest BCUT2D eigenvalue weighted by atomic mass is 10.1. The van der Waals surface area contributed by atoms with Crippen LogP contribution in [0.1, 0.15) is 25.3 Å². The molecule has 0 spiro atoms. The Morgan fingerprint density at radius 2 is 2.20 bits per heavy atom. The molecule has 1 unspecified atom stereocenters. The van der Waals surface area contributed by atoms with Gasteiger partial charge < -0.3 is 11.1 Å². The molecule has 0 aliphatic rings. The number of rotatable bonds is 6. The minimum absolute atomic E-state index is 0.0488. The highest BCUT2D eigenvalue weighted by Crippen LogP contribution is 2.16. The number of hydrogen-bond donors (Lipinski definition) is 2. The molecule has 0 fully saturated rings. The molecule has 0 bridgehead atoms. The third-order valence-corrected chi connectivity index (χ3v) is 3.15. The maximum Gasteiger partial charge on any atom is 0.225 e. The second-order valence-corrected chi connectivity index (χ2v) is 4.78. The lowest BCUT2D eigenvalue weighted by molar-refractivity contribution is -0.116. The van der Waals surface area contributed by atoms with E-state index in [1.54, 1.807) is 6.20 Å². The summed E-state index contributed by atoms with van der Waals surface area (Å²) in [4.78, 5) is 11.9. The van der Waals surface area contributed by atoms with Crippen LogP contribution in [0.15, 0.2) is 42.7 Å². The van der Waals surface area contributed by atoms with Crippen LogP contribution >= 0.6 is 0 Å². The van der Waals surface area contributed by atoms with E-state index in [0.29, 0.717) is 13.0 Å². The second kappa shape index (κ2) is 6.86. The molecule has 1 aromatic carbocycles. The number of nitrogens with two attached hydrogens (primary N) is 1. The largest absolute Gasteiger partial charge is 0.327 e. The standard InChI is InChI=1S/C15H20N4O/c1-2-13(16)10-15(20)18-14-7-4-3-6-12(14)11-19-9-5-8-17-19/h3-9,13H,2,10-11,16H2,1H3,(H,18,20). The molecular formula is C15H20N4O. The molecule has 5 heteroatoms. The quantitative estimate of drug-likeness (QED) is 0.844. The van der Waals surface area contributed by atoms with Crippen molar-refractivity contribution in [3.63, 3.8) is 0 Å². The lowest BCUT2D eigenvalue weighted by Gasteiger charge is -2.13. The predicted molar refractivity (Wildman–Crippen MR) is 79.3 cm³/mol. The summed E-state index contributed by atoms with van der Waals surface area (Å²) in [5.41, 5.74) is 7.64. The maximum atomic E-state index is 11.9. The summed E-state index contributed by atoms with van der Waals surface area (Å²) in [6, 6.07) is 9.52. The molecule has 0 saturated carbocycles. The van der Waals surface area contributed by atoms with E-state index in [9.17, 15) is 4.79 Å². The van der Waals surface area contributed by atoms with Crippen LogP contribution in [-0.2, 0) is 11.3 Å². The van der Waals surface area contributed by atoms with Gasteiger partial charge in [-0.15, -0.1) is 0 Å². The zero-order valence-corrected chi connectivity index (χ0v) is 11.6. The molecule has 1 heterocycles. The van der Waals surface area contributed by atoms with Crippen molar-refractivity contribution >= 4 is 11.6 Å². The summed E-state index contributed by atoms with van der Waals surface area (Å²) >= 11 is 0. The van der Waals surface area contributed by atoms with E-state index in [4.69, 9.17) is 5.73 Å². The number of nitrogens with one attached hydrogen (secondary N) is 1. The highest BCUT2D eigenvalue weighted by molar-refractivity contribution is 5.91. The summed E-state index contributed by atoms with van der Waals surface area (Å²) in [6.07, 6.45) is 4.77. The minimum Gasteiger partial charge on any atom is -0.327 e. The Hall–Kier alpha value is -2.14. The number of para-hydroxylation sites is 1. The first-order chi connectivity index (χ1) is 9.69. The first-order valence-corrected chi connectivity index (χ1v) is 6.79. The fraction of sp³-hybridized carbons (Fsp3) is 0.333. The van der Waals surface area contributed by atoms with Crippen LogP contribution in [0.3, 0.4) is 0 Å². The van der Waals surface area contributed by atoms with Crippen LogP contribution in [-0.4, -0.2) is 21.7 Å². The van der Waals surface area contributed by atoms with Crippen LogP contribution in [0.5, 0.6) is 0 Å². The average Bonchev–Trinajstić information content (AvgIpc) is 2.93. The van der Waals surface area contributed by atoms with Gasteiger partial charge in [-0.05, 0) is 24.1 Å². The number of carbonyl (C=O) groups excluding carboxylic acids is 1. The van der Waals surface area contributed by atoms with Gasteiger partial charge in [-0.25, -0.2) is 0 Å². The normalized spacial score (nSPS) is 12.1. The Kier molecular flexibility index (Phi) is 4.90. The van der Waals surface area contributed by atoms with Gasteiger partial charge in [0, 0.05) is 30.5 Å². The Morgan fingerprint density at radius 1 is 1.40 bits per heavy atom. The van der Waals surface area contributed by atoms with Gasteiger partial charge in [-0.3, -0.25) is 9.48 Å². The number of carbonyl (C=O) groups is 1. The van der Waals surface area contributed by atoms with Gasteiger partial charge in [0.05, 0.1) is 6.54 Å². The van der Waals surface area contributed by atoms with E-state index in [2.05, 4.69) is 10.4 Å². The Balaban J connectivity index is 2.06. The monoisotopic (exact) mass is 272 g/mol. The minimum atomic E-state index is -0.0896. The summed E-state index contributed by atoms with van der Waals surface area (Å²) < 4.78 is 1.82. The van der Waals surface area contributed by atoms with Crippen LogP contribution in [0.25, 0.3) is 0 Å². The van der Waals surface area contributed by atoms with Gasteiger partial charge in [0.2, 0.25) is 5.91 Å².